The Labute approximate surface area is 266 Å². The summed E-state index contributed by atoms with van der Waals surface area (Å²) in [4.78, 5) is 56.6. The van der Waals surface area contributed by atoms with E-state index in [-0.39, 0.29) is 24.1 Å². The molecule has 45 heavy (non-hydrogen) atoms. The highest BCUT2D eigenvalue weighted by Crippen LogP contribution is 2.37. The van der Waals surface area contributed by atoms with Crippen molar-refractivity contribution >= 4 is 23.9 Å². The lowest BCUT2D eigenvalue weighted by Gasteiger charge is -2.37. The highest BCUT2D eigenvalue weighted by molar-refractivity contribution is 5.94. The molecule has 4 unspecified atom stereocenters. The van der Waals surface area contributed by atoms with Crippen LogP contribution in [0.5, 0.6) is 5.75 Å². The lowest BCUT2D eigenvalue weighted by atomic mass is 9.95. The number of benzene rings is 2. The first-order valence-electron chi connectivity index (χ1n) is 15.7. The summed E-state index contributed by atoms with van der Waals surface area (Å²) in [5, 5.41) is 15.7. The zero-order valence-corrected chi connectivity index (χ0v) is 27.8. The third kappa shape index (κ3) is 10.8. The van der Waals surface area contributed by atoms with Crippen LogP contribution in [0.2, 0.25) is 0 Å². The third-order valence-corrected chi connectivity index (χ3v) is 7.37. The van der Waals surface area contributed by atoms with E-state index in [1.807, 2.05) is 44.2 Å². The molecular formula is C35H49N3O7. The van der Waals surface area contributed by atoms with Gasteiger partial charge in [-0.3, -0.25) is 9.59 Å². The zero-order valence-electron chi connectivity index (χ0n) is 27.8. The number of ether oxygens (including phenoxy) is 2. The third-order valence-electron chi connectivity index (χ3n) is 7.37. The van der Waals surface area contributed by atoms with Gasteiger partial charge in [-0.25, -0.2) is 9.59 Å². The van der Waals surface area contributed by atoms with Crippen molar-refractivity contribution in [1.82, 2.24) is 15.5 Å². The van der Waals surface area contributed by atoms with Crippen molar-refractivity contribution in [3.8, 4) is 5.75 Å². The molecule has 1 fully saturated rings. The van der Waals surface area contributed by atoms with Crippen LogP contribution < -0.4 is 10.6 Å². The van der Waals surface area contributed by atoms with E-state index >= 15 is 0 Å². The van der Waals surface area contributed by atoms with E-state index in [0.29, 0.717) is 24.8 Å². The van der Waals surface area contributed by atoms with Crippen LogP contribution in [0.1, 0.15) is 91.8 Å². The van der Waals surface area contributed by atoms with Crippen molar-refractivity contribution in [3.05, 3.63) is 65.7 Å². The van der Waals surface area contributed by atoms with Gasteiger partial charge in [0.2, 0.25) is 11.8 Å². The smallest absolute Gasteiger partial charge is 0.408 e. The highest BCUT2D eigenvalue weighted by Gasteiger charge is 2.45. The number of hydrogen-bond acceptors (Lipinski definition) is 7. The van der Waals surface area contributed by atoms with Gasteiger partial charge in [-0.2, -0.15) is 0 Å². The van der Waals surface area contributed by atoms with Crippen LogP contribution in [-0.4, -0.2) is 63.2 Å². The Hall–Kier alpha value is -4.08. The van der Waals surface area contributed by atoms with Crippen molar-refractivity contribution < 1.29 is 33.8 Å². The number of amides is 3. The van der Waals surface area contributed by atoms with Crippen molar-refractivity contribution in [3.63, 3.8) is 0 Å². The van der Waals surface area contributed by atoms with Crippen LogP contribution in [0.15, 0.2) is 54.6 Å². The van der Waals surface area contributed by atoms with Crippen molar-refractivity contribution in [2.75, 3.05) is 0 Å². The van der Waals surface area contributed by atoms with Crippen LogP contribution in [0.25, 0.3) is 0 Å². The fourth-order valence-electron chi connectivity index (χ4n) is 4.91. The quantitative estimate of drug-likeness (QED) is 0.268. The van der Waals surface area contributed by atoms with Gasteiger partial charge in [0.15, 0.2) is 0 Å². The summed E-state index contributed by atoms with van der Waals surface area (Å²) in [5.74, 6) is -1.88. The predicted molar refractivity (Wildman–Crippen MR) is 171 cm³/mol. The SMILES string of the molecule is CCC(C)C(NC(=O)OC(C)(C)C)C(=O)N(C1CC1)C(C(=O)NC(Cc1ccccc1)C(=O)OC(C)(C)C)c1ccc(O)cc1. The summed E-state index contributed by atoms with van der Waals surface area (Å²) in [7, 11) is 0. The number of nitrogens with zero attached hydrogens (tertiary/aromatic N) is 1. The minimum atomic E-state index is -1.15. The Morgan fingerprint density at radius 2 is 1.47 bits per heavy atom. The topological polar surface area (TPSA) is 134 Å². The van der Waals surface area contributed by atoms with Crippen molar-refractivity contribution in [2.24, 2.45) is 5.92 Å². The maximum absolute atomic E-state index is 14.4. The molecule has 3 amide bonds. The Balaban J connectivity index is 2.03. The minimum Gasteiger partial charge on any atom is -0.508 e. The van der Waals surface area contributed by atoms with E-state index < -0.39 is 53.2 Å². The van der Waals surface area contributed by atoms with Crippen molar-refractivity contribution in [2.45, 2.75) is 116 Å². The van der Waals surface area contributed by atoms with Gasteiger partial charge in [0.1, 0.15) is 35.1 Å². The molecule has 3 N–H and O–H groups in total. The molecule has 0 spiro atoms. The summed E-state index contributed by atoms with van der Waals surface area (Å²) in [6, 6.07) is 11.9. The number of hydrogen-bond donors (Lipinski definition) is 3. The van der Waals surface area contributed by atoms with Crippen LogP contribution >= 0.6 is 0 Å². The molecule has 10 nitrogen and oxygen atoms in total. The summed E-state index contributed by atoms with van der Waals surface area (Å²) < 4.78 is 11.2. The average Bonchev–Trinajstić information content (AvgIpc) is 3.78. The number of rotatable bonds is 12. The molecule has 0 radical (unpaired) electrons. The monoisotopic (exact) mass is 623 g/mol. The molecule has 2 aromatic carbocycles. The van der Waals surface area contributed by atoms with E-state index in [2.05, 4.69) is 10.6 Å². The molecule has 2 aromatic rings. The number of carbonyl (C=O) groups excluding carboxylic acids is 4. The summed E-state index contributed by atoms with van der Waals surface area (Å²) in [5.41, 5.74) is -0.288. The van der Waals surface area contributed by atoms with E-state index in [1.165, 1.54) is 17.0 Å². The first-order valence-corrected chi connectivity index (χ1v) is 15.7. The summed E-state index contributed by atoms with van der Waals surface area (Å²) >= 11 is 0. The fourth-order valence-corrected chi connectivity index (χ4v) is 4.91. The van der Waals surface area contributed by atoms with Gasteiger partial charge in [0.25, 0.3) is 0 Å². The highest BCUT2D eigenvalue weighted by atomic mass is 16.6. The second-order valence-corrected chi connectivity index (χ2v) is 13.8. The van der Waals surface area contributed by atoms with Gasteiger partial charge in [-0.05, 0) is 83.6 Å². The second kappa shape index (κ2) is 14.8. The van der Waals surface area contributed by atoms with Crippen LogP contribution in [0.4, 0.5) is 4.79 Å². The van der Waals surface area contributed by atoms with E-state index in [4.69, 9.17) is 9.47 Å². The van der Waals surface area contributed by atoms with Gasteiger partial charge < -0.3 is 30.1 Å². The number of aromatic hydroxyl groups is 1. The van der Waals surface area contributed by atoms with Gasteiger partial charge in [0, 0.05) is 12.5 Å². The minimum absolute atomic E-state index is 0.00184. The first kappa shape index (κ1) is 35.4. The number of phenolic OH excluding ortho intramolecular Hbond substituents is 1. The van der Waals surface area contributed by atoms with Crippen molar-refractivity contribution in [1.29, 1.82) is 0 Å². The second-order valence-electron chi connectivity index (χ2n) is 13.8. The number of alkyl carbamates (subject to hydrolysis) is 1. The molecule has 1 saturated carbocycles. The Kier molecular flexibility index (Phi) is 11.6. The van der Waals surface area contributed by atoms with Gasteiger partial charge in [0.05, 0.1) is 0 Å². The standard InChI is InChI=1S/C35H49N3O7/c1-9-22(2)28(37-33(43)45-35(6,7)8)31(41)38(25-17-18-25)29(24-15-19-26(39)20-16-24)30(40)36-27(32(42)44-34(3,4)5)21-23-13-11-10-12-14-23/h10-16,19-20,22,25,27-29,39H,9,17-18,21H2,1-8H3,(H,36,40)(H,37,43). The zero-order chi connectivity index (χ0) is 33.5. The molecular weight excluding hydrogens is 574 g/mol. The molecule has 0 heterocycles. The molecule has 10 heteroatoms. The van der Waals surface area contributed by atoms with E-state index in [0.717, 1.165) is 5.56 Å². The van der Waals surface area contributed by atoms with Crippen LogP contribution in [-0.2, 0) is 30.3 Å². The molecule has 0 aliphatic heterocycles. The molecule has 4 atom stereocenters. The first-order chi connectivity index (χ1) is 21.0. The van der Waals surface area contributed by atoms with E-state index in [1.54, 1.807) is 53.7 Å². The molecule has 1 aliphatic rings. The lowest BCUT2D eigenvalue weighted by Crippen LogP contribution is -2.57. The van der Waals surface area contributed by atoms with Gasteiger partial charge >= 0.3 is 12.1 Å². The normalized spacial score (nSPS) is 16.0. The maximum Gasteiger partial charge on any atom is 0.408 e. The number of phenols is 1. The lowest BCUT2D eigenvalue weighted by molar-refractivity contribution is -0.159. The van der Waals surface area contributed by atoms with Crippen LogP contribution in [0.3, 0.4) is 0 Å². The molecule has 0 saturated heterocycles. The Morgan fingerprint density at radius 3 is 1.98 bits per heavy atom. The molecule has 0 aromatic heterocycles. The Morgan fingerprint density at radius 1 is 0.889 bits per heavy atom. The Bertz CT molecular complexity index is 1310. The summed E-state index contributed by atoms with van der Waals surface area (Å²) in [6.07, 6.45) is 1.38. The van der Waals surface area contributed by atoms with Gasteiger partial charge in [-0.15, -0.1) is 0 Å². The number of carbonyl (C=O) groups is 4. The average molecular weight is 624 g/mol. The molecule has 246 valence electrons. The largest absolute Gasteiger partial charge is 0.508 e. The number of esters is 1. The number of nitrogens with one attached hydrogen (secondary N) is 2. The molecule has 0 bridgehead atoms. The fraction of sp³-hybridized carbons (Fsp3) is 0.543. The molecule has 3 rings (SSSR count). The van der Waals surface area contributed by atoms with Gasteiger partial charge in [-0.1, -0.05) is 62.7 Å². The maximum atomic E-state index is 14.4. The van der Waals surface area contributed by atoms with Crippen LogP contribution in [0, 0.1) is 5.92 Å². The van der Waals surface area contributed by atoms with E-state index in [9.17, 15) is 24.3 Å². The predicted octanol–water partition coefficient (Wildman–Crippen LogP) is 5.43. The molecule has 1 aliphatic carbocycles. The summed E-state index contributed by atoms with van der Waals surface area (Å²) in [6.45, 7) is 14.3.